The summed E-state index contributed by atoms with van der Waals surface area (Å²) in [7, 11) is -2.48. The van der Waals surface area contributed by atoms with Crippen LogP contribution in [0.4, 0.5) is 0 Å². The van der Waals surface area contributed by atoms with Gasteiger partial charge in [0.25, 0.3) is 0 Å². The maximum Gasteiger partial charge on any atom is 2.00 e. The second-order valence-corrected chi connectivity index (χ2v) is 16.7. The quantitative estimate of drug-likeness (QED) is 0.163. The zero-order valence-corrected chi connectivity index (χ0v) is 33.2. The van der Waals surface area contributed by atoms with Crippen LogP contribution in [0.25, 0.3) is 87.0 Å². The fourth-order valence-electron chi connectivity index (χ4n) is 7.60. The third-order valence-electron chi connectivity index (χ3n) is 10.4. The van der Waals surface area contributed by atoms with Gasteiger partial charge in [-0.25, -0.2) is 0 Å². The summed E-state index contributed by atoms with van der Waals surface area (Å²) >= 11 is 0. The van der Waals surface area contributed by atoms with Crippen molar-refractivity contribution in [3.8, 4) is 0 Å². The smallest absolute Gasteiger partial charge is 0.419 e. The second kappa shape index (κ2) is 15.5. The van der Waals surface area contributed by atoms with Gasteiger partial charge in [0.05, 0.1) is 11.3 Å². The van der Waals surface area contributed by atoms with Crippen molar-refractivity contribution in [2.45, 2.75) is 0 Å². The Morgan fingerprint density at radius 3 is 0.719 bits per heavy atom. The van der Waals surface area contributed by atoms with Crippen LogP contribution in [0.5, 0.6) is 0 Å². The van der Waals surface area contributed by atoms with Crippen LogP contribution < -0.4 is 0 Å². The van der Waals surface area contributed by atoms with E-state index in [1.165, 1.54) is 43.1 Å². The molecule has 0 atom stereocenters. The van der Waals surface area contributed by atoms with E-state index in [1.54, 1.807) is 0 Å². The van der Waals surface area contributed by atoms with Gasteiger partial charge in [0.15, 0.2) is 0 Å². The summed E-state index contributed by atoms with van der Waals surface area (Å²) in [6, 6.07) is 51.0. The van der Waals surface area contributed by atoms with Crippen LogP contribution in [-0.2, 0) is 17.1 Å². The van der Waals surface area contributed by atoms with E-state index >= 15 is 0 Å². The van der Waals surface area contributed by atoms with E-state index in [-0.39, 0.29) is 17.1 Å². The molecule has 12 rings (SSSR count). The fraction of sp³-hybridized carbons (Fsp3) is 0. The van der Waals surface area contributed by atoms with Crippen LogP contribution in [0.2, 0.25) is 0 Å². The first-order valence-corrected chi connectivity index (χ1v) is 20.9. The molecule has 0 amide bonds. The molecule has 2 saturated carbocycles. The third kappa shape index (κ3) is 6.96. The molecule has 0 aliphatic heterocycles. The van der Waals surface area contributed by atoms with Crippen molar-refractivity contribution >= 4 is 103 Å². The van der Waals surface area contributed by atoms with Gasteiger partial charge in [-0.1, -0.05) is 97.1 Å². The zero-order valence-electron chi connectivity index (χ0n) is 30.4. The number of fused-ring (bicyclic) bond motifs is 10. The molecule has 7 heteroatoms. The Morgan fingerprint density at radius 1 is 0.281 bits per heavy atom. The minimum atomic E-state index is -1.24. The topological polar surface area (TPSA) is 52.6 Å². The Morgan fingerprint density at radius 2 is 0.491 bits per heavy atom. The molecular weight excluding hydrogens is 782 g/mol. The van der Waals surface area contributed by atoms with Gasteiger partial charge in [-0.15, -0.1) is 0 Å². The third-order valence-corrected chi connectivity index (χ3v) is 13.3. The summed E-state index contributed by atoms with van der Waals surface area (Å²) in [6.45, 7) is 0. The van der Waals surface area contributed by atoms with E-state index in [1.807, 2.05) is 25.7 Å². The first kappa shape index (κ1) is 36.5. The van der Waals surface area contributed by atoms with Crippen molar-refractivity contribution in [2.24, 2.45) is 0 Å². The number of rotatable bonds is 2. The minimum absolute atomic E-state index is 0. The molecular formula is C50H32FeO4P2+2. The maximum absolute atomic E-state index is 6.46. The van der Waals surface area contributed by atoms with Gasteiger partial charge in [0, 0.05) is 21.5 Å². The molecule has 2 aliphatic rings. The van der Waals surface area contributed by atoms with Crippen molar-refractivity contribution in [2.75, 3.05) is 0 Å². The Hall–Kier alpha value is -4.88. The average molecular weight is 815 g/mol. The molecule has 2 aliphatic carbocycles. The van der Waals surface area contributed by atoms with Crippen molar-refractivity contribution in [1.82, 2.24) is 0 Å². The largest absolute Gasteiger partial charge is 2.00 e. The van der Waals surface area contributed by atoms with E-state index in [2.05, 4.69) is 171 Å². The standard InChI is InChI=1S/2C25H16O2P.Fe/c2*1-3-9-19-15-24-22(13-17(19)7-1)23-14-18-8-2-4-10-20(18)16-25(23)27-28(26-24)21-11-5-6-12-21;/h2*1-16H;/q;;+2. The molecule has 2 fully saturated rings. The minimum Gasteiger partial charge on any atom is -0.419 e. The van der Waals surface area contributed by atoms with Crippen molar-refractivity contribution in [1.29, 1.82) is 0 Å². The van der Waals surface area contributed by atoms with Crippen LogP contribution in [-0.4, -0.2) is 0 Å². The van der Waals surface area contributed by atoms with Crippen LogP contribution in [0, 0.1) is 62.7 Å². The molecule has 0 spiro atoms. The van der Waals surface area contributed by atoms with E-state index in [0.717, 1.165) is 55.2 Å². The molecule has 0 saturated heterocycles. The summed E-state index contributed by atoms with van der Waals surface area (Å²) in [5.41, 5.74) is 5.66. The van der Waals surface area contributed by atoms with Crippen LogP contribution >= 0.6 is 16.0 Å². The first-order valence-electron chi connectivity index (χ1n) is 18.6. The Bertz CT molecular complexity index is 2780. The molecule has 0 unspecified atom stereocenters. The van der Waals surface area contributed by atoms with Crippen LogP contribution in [0.15, 0.2) is 162 Å². The van der Waals surface area contributed by atoms with Crippen molar-refractivity contribution in [3.63, 3.8) is 0 Å². The van der Waals surface area contributed by atoms with Gasteiger partial charge >= 0.3 is 17.1 Å². The molecule has 2 heterocycles. The monoisotopic (exact) mass is 814 g/mol. The van der Waals surface area contributed by atoms with Crippen molar-refractivity contribution in [3.05, 3.63) is 208 Å². The molecule has 8 aromatic carbocycles. The van der Waals surface area contributed by atoms with E-state index < -0.39 is 16.0 Å². The van der Waals surface area contributed by atoms with E-state index in [4.69, 9.17) is 16.8 Å². The van der Waals surface area contributed by atoms with Crippen molar-refractivity contribution < 1.29 is 33.9 Å². The van der Waals surface area contributed by atoms with Crippen LogP contribution in [0.1, 0.15) is 0 Å². The number of hydrogen-bond acceptors (Lipinski definition) is 4. The summed E-state index contributed by atoms with van der Waals surface area (Å²) in [6.07, 6.45) is 16.4. The predicted molar refractivity (Wildman–Crippen MR) is 234 cm³/mol. The Balaban J connectivity index is 0.000000137. The molecule has 0 bridgehead atoms. The van der Waals surface area contributed by atoms with Gasteiger partial charge in [0.2, 0.25) is 16.0 Å². The van der Waals surface area contributed by atoms with Gasteiger partial charge in [-0.2, -0.15) is 0 Å². The summed E-state index contributed by atoms with van der Waals surface area (Å²) in [4.78, 5) is 0. The number of hydrogen-bond donors (Lipinski definition) is 0. The maximum atomic E-state index is 6.46. The SMILES string of the molecule is [CH]1[CH][CH][C](p2oc3cc4ccccc4cc3c3cc4ccccc4cc3o2)[CH]1.[CH]1[CH][CH][C](p2oc3cc4ccccc4cc3c3cc4ccccc4cc3o2)[CH]1.[Fe+2]. The fourth-order valence-corrected chi connectivity index (χ4v) is 10.2. The zero-order chi connectivity index (χ0) is 37.0. The average Bonchev–Trinajstić information content (AvgIpc) is 3.94. The molecule has 272 valence electrons. The predicted octanol–water partition coefficient (Wildman–Crippen LogP) is 15.6. The second-order valence-electron chi connectivity index (χ2n) is 13.9. The summed E-state index contributed by atoms with van der Waals surface area (Å²) in [5.74, 6) is 0. The van der Waals surface area contributed by atoms with Gasteiger partial charge in [0.1, 0.15) is 22.3 Å². The first-order chi connectivity index (χ1) is 27.7. The van der Waals surface area contributed by atoms with Gasteiger partial charge in [-0.05, 0) is 143 Å². The Labute approximate surface area is 343 Å². The number of benzene rings is 8. The van der Waals surface area contributed by atoms with E-state index in [0.29, 0.717) is 0 Å². The Kier molecular flexibility index (Phi) is 9.89. The van der Waals surface area contributed by atoms with Crippen LogP contribution in [0.3, 0.4) is 0 Å². The molecule has 2 aromatic heterocycles. The normalized spacial score (nSPS) is 14.9. The van der Waals surface area contributed by atoms with Gasteiger partial charge < -0.3 is 16.8 Å². The molecule has 10 radical (unpaired) electrons. The molecule has 4 nitrogen and oxygen atoms in total. The molecule has 10 aromatic rings. The summed E-state index contributed by atoms with van der Waals surface area (Å²) in [5, 5.41) is 13.8. The molecule has 57 heavy (non-hydrogen) atoms. The van der Waals surface area contributed by atoms with Gasteiger partial charge in [-0.3, -0.25) is 0 Å². The van der Waals surface area contributed by atoms with E-state index in [9.17, 15) is 0 Å². The summed E-state index contributed by atoms with van der Waals surface area (Å²) < 4.78 is 25.8. The molecule has 0 N–H and O–H groups in total.